The summed E-state index contributed by atoms with van der Waals surface area (Å²) in [6, 6.07) is 9.74. The van der Waals surface area contributed by atoms with Gasteiger partial charge in [-0.05, 0) is 31.9 Å². The molecule has 0 bridgehead atoms. The lowest BCUT2D eigenvalue weighted by molar-refractivity contribution is 0.0736. The van der Waals surface area contributed by atoms with Crippen LogP contribution >= 0.6 is 0 Å². The van der Waals surface area contributed by atoms with Crippen molar-refractivity contribution in [3.05, 3.63) is 42.1 Å². The standard InChI is InChI=1S/C20H28N4O3/c1-15(14-26-2)23-12-9-16(10-13-23)24-19(8-11-21-24)22-20(25)17-6-4-5-7-18(17)27-3/h4-8,11,15-16H,9-10,12-14H2,1-3H3,(H,22,25). The molecule has 1 aliphatic heterocycles. The third-order valence-electron chi connectivity index (χ3n) is 5.14. The third-order valence-corrected chi connectivity index (χ3v) is 5.14. The van der Waals surface area contributed by atoms with Crippen LogP contribution in [-0.2, 0) is 4.74 Å². The molecule has 0 spiro atoms. The molecular weight excluding hydrogens is 344 g/mol. The number of methoxy groups -OCH3 is 2. The predicted molar refractivity (Wildman–Crippen MR) is 104 cm³/mol. The average molecular weight is 372 g/mol. The number of rotatable bonds is 7. The van der Waals surface area contributed by atoms with Crippen molar-refractivity contribution in [2.24, 2.45) is 0 Å². The van der Waals surface area contributed by atoms with Gasteiger partial charge in [0.2, 0.25) is 0 Å². The first kappa shape index (κ1) is 19.4. The molecule has 1 aromatic carbocycles. The van der Waals surface area contributed by atoms with Crippen molar-refractivity contribution in [2.75, 3.05) is 39.2 Å². The maximum absolute atomic E-state index is 12.7. The molecule has 0 aliphatic carbocycles. The first-order chi connectivity index (χ1) is 13.1. The van der Waals surface area contributed by atoms with Crippen molar-refractivity contribution in [1.82, 2.24) is 14.7 Å². The first-order valence-electron chi connectivity index (χ1n) is 9.35. The van der Waals surface area contributed by atoms with Crippen molar-refractivity contribution in [3.8, 4) is 5.75 Å². The molecule has 0 radical (unpaired) electrons. The molecule has 1 atom stereocenters. The van der Waals surface area contributed by atoms with E-state index in [-0.39, 0.29) is 11.9 Å². The third kappa shape index (κ3) is 4.48. The number of amides is 1. The molecular formula is C20H28N4O3. The lowest BCUT2D eigenvalue weighted by Gasteiger charge is -2.36. The number of para-hydroxylation sites is 1. The molecule has 1 fully saturated rings. The number of benzene rings is 1. The second-order valence-electron chi connectivity index (χ2n) is 6.89. The Morgan fingerprint density at radius 3 is 2.70 bits per heavy atom. The van der Waals surface area contributed by atoms with Crippen LogP contribution in [0.2, 0.25) is 0 Å². The van der Waals surface area contributed by atoms with Gasteiger partial charge in [0.1, 0.15) is 11.6 Å². The Hall–Kier alpha value is -2.38. The second-order valence-corrected chi connectivity index (χ2v) is 6.89. The summed E-state index contributed by atoms with van der Waals surface area (Å²) >= 11 is 0. The Morgan fingerprint density at radius 2 is 2.00 bits per heavy atom. The molecule has 1 aromatic heterocycles. The molecule has 1 unspecified atom stereocenters. The van der Waals surface area contributed by atoms with E-state index in [0.717, 1.165) is 32.5 Å². The monoisotopic (exact) mass is 372 g/mol. The van der Waals surface area contributed by atoms with E-state index in [1.165, 1.54) is 0 Å². The normalized spacial score (nSPS) is 16.9. The van der Waals surface area contributed by atoms with Crippen molar-refractivity contribution in [2.45, 2.75) is 31.8 Å². The fraction of sp³-hybridized carbons (Fsp3) is 0.500. The quantitative estimate of drug-likeness (QED) is 0.809. The second kappa shape index (κ2) is 9.01. The molecule has 0 saturated carbocycles. The van der Waals surface area contributed by atoms with Crippen LogP contribution in [0, 0.1) is 0 Å². The van der Waals surface area contributed by atoms with Gasteiger partial charge >= 0.3 is 0 Å². The van der Waals surface area contributed by atoms with E-state index in [0.29, 0.717) is 23.2 Å². The number of nitrogens with zero attached hydrogens (tertiary/aromatic N) is 3. The van der Waals surface area contributed by atoms with Gasteiger partial charge in [0, 0.05) is 32.3 Å². The summed E-state index contributed by atoms with van der Waals surface area (Å²) in [5.41, 5.74) is 0.510. The Labute approximate surface area is 160 Å². The Balaban J connectivity index is 1.66. The zero-order valence-electron chi connectivity index (χ0n) is 16.2. The van der Waals surface area contributed by atoms with Gasteiger partial charge in [0.05, 0.1) is 31.5 Å². The number of anilines is 1. The number of aromatic nitrogens is 2. The number of ether oxygens (including phenoxy) is 2. The lowest BCUT2D eigenvalue weighted by atomic mass is 10.0. The molecule has 146 valence electrons. The highest BCUT2D eigenvalue weighted by Crippen LogP contribution is 2.27. The van der Waals surface area contributed by atoms with Gasteiger partial charge in [0.15, 0.2) is 0 Å². The lowest BCUT2D eigenvalue weighted by Crippen LogP contribution is -2.42. The van der Waals surface area contributed by atoms with Crippen LogP contribution in [0.3, 0.4) is 0 Å². The number of nitrogens with one attached hydrogen (secondary N) is 1. The SMILES string of the molecule is COCC(C)N1CCC(n2nccc2NC(=O)c2ccccc2OC)CC1. The fourth-order valence-electron chi connectivity index (χ4n) is 3.64. The summed E-state index contributed by atoms with van der Waals surface area (Å²) in [4.78, 5) is 15.1. The van der Waals surface area contributed by atoms with E-state index < -0.39 is 0 Å². The number of piperidine rings is 1. The summed E-state index contributed by atoms with van der Waals surface area (Å²) < 4.78 is 12.5. The van der Waals surface area contributed by atoms with Crippen LogP contribution in [0.1, 0.15) is 36.2 Å². The minimum absolute atomic E-state index is 0.194. The van der Waals surface area contributed by atoms with Crippen molar-refractivity contribution in [3.63, 3.8) is 0 Å². The Bertz CT molecular complexity index is 753. The molecule has 1 amide bonds. The van der Waals surface area contributed by atoms with Crippen LogP contribution in [0.15, 0.2) is 36.5 Å². The number of hydrogen-bond acceptors (Lipinski definition) is 5. The van der Waals surface area contributed by atoms with Gasteiger partial charge in [-0.1, -0.05) is 12.1 Å². The minimum atomic E-state index is -0.194. The van der Waals surface area contributed by atoms with Gasteiger partial charge in [-0.2, -0.15) is 5.10 Å². The average Bonchev–Trinajstić information content (AvgIpc) is 3.16. The summed E-state index contributed by atoms with van der Waals surface area (Å²) in [5.74, 6) is 1.08. The molecule has 7 nitrogen and oxygen atoms in total. The molecule has 1 aliphatic rings. The molecule has 27 heavy (non-hydrogen) atoms. The minimum Gasteiger partial charge on any atom is -0.496 e. The highest BCUT2D eigenvalue weighted by molar-refractivity contribution is 6.05. The van der Waals surface area contributed by atoms with E-state index in [4.69, 9.17) is 9.47 Å². The van der Waals surface area contributed by atoms with Crippen molar-refractivity contribution < 1.29 is 14.3 Å². The Morgan fingerprint density at radius 1 is 1.26 bits per heavy atom. The molecule has 2 heterocycles. The van der Waals surface area contributed by atoms with E-state index in [1.807, 2.05) is 22.9 Å². The van der Waals surface area contributed by atoms with E-state index >= 15 is 0 Å². The van der Waals surface area contributed by atoms with E-state index in [1.54, 1.807) is 32.5 Å². The number of carbonyl (C=O) groups is 1. The zero-order chi connectivity index (χ0) is 19.2. The molecule has 1 saturated heterocycles. The van der Waals surface area contributed by atoms with Crippen molar-refractivity contribution in [1.29, 1.82) is 0 Å². The van der Waals surface area contributed by atoms with Gasteiger partial charge in [-0.3, -0.25) is 9.69 Å². The summed E-state index contributed by atoms with van der Waals surface area (Å²) in [5, 5.41) is 7.44. The van der Waals surface area contributed by atoms with E-state index in [9.17, 15) is 4.79 Å². The van der Waals surface area contributed by atoms with E-state index in [2.05, 4.69) is 22.2 Å². The molecule has 1 N–H and O–H groups in total. The van der Waals surface area contributed by atoms with Crippen LogP contribution in [0.4, 0.5) is 5.82 Å². The number of likely N-dealkylation sites (tertiary alicyclic amines) is 1. The Kier molecular flexibility index (Phi) is 6.47. The smallest absolute Gasteiger partial charge is 0.260 e. The maximum atomic E-state index is 12.7. The zero-order valence-corrected chi connectivity index (χ0v) is 16.2. The summed E-state index contributed by atoms with van der Waals surface area (Å²) in [6.45, 7) is 4.92. The van der Waals surface area contributed by atoms with Crippen LogP contribution in [0.25, 0.3) is 0 Å². The molecule has 2 aromatic rings. The molecule has 3 rings (SSSR count). The van der Waals surface area contributed by atoms with Crippen LogP contribution in [0.5, 0.6) is 5.75 Å². The van der Waals surface area contributed by atoms with Gasteiger partial charge < -0.3 is 14.8 Å². The van der Waals surface area contributed by atoms with Crippen LogP contribution < -0.4 is 10.1 Å². The highest BCUT2D eigenvalue weighted by atomic mass is 16.5. The van der Waals surface area contributed by atoms with Gasteiger partial charge in [0.25, 0.3) is 5.91 Å². The number of hydrogen-bond donors (Lipinski definition) is 1. The maximum Gasteiger partial charge on any atom is 0.260 e. The highest BCUT2D eigenvalue weighted by Gasteiger charge is 2.26. The van der Waals surface area contributed by atoms with Crippen LogP contribution in [-0.4, -0.2) is 60.5 Å². The molecule has 7 heteroatoms. The van der Waals surface area contributed by atoms with Gasteiger partial charge in [-0.25, -0.2) is 4.68 Å². The van der Waals surface area contributed by atoms with Gasteiger partial charge in [-0.15, -0.1) is 0 Å². The topological polar surface area (TPSA) is 68.6 Å². The largest absolute Gasteiger partial charge is 0.496 e. The number of carbonyl (C=O) groups excluding carboxylic acids is 1. The first-order valence-corrected chi connectivity index (χ1v) is 9.35. The summed E-state index contributed by atoms with van der Waals surface area (Å²) in [6.07, 6.45) is 3.72. The fourth-order valence-corrected chi connectivity index (χ4v) is 3.64. The predicted octanol–water partition coefficient (Wildman–Crippen LogP) is 2.82. The summed E-state index contributed by atoms with van der Waals surface area (Å²) in [7, 11) is 3.30. The van der Waals surface area contributed by atoms with Crippen molar-refractivity contribution >= 4 is 11.7 Å².